The third-order valence-corrected chi connectivity index (χ3v) is 5.55. The molecule has 1 aliphatic rings. The van der Waals surface area contributed by atoms with Crippen LogP contribution >= 0.6 is 0 Å². The van der Waals surface area contributed by atoms with Gasteiger partial charge in [0.1, 0.15) is 0 Å². The molecule has 0 unspecified atom stereocenters. The Balaban J connectivity index is 2.19. The minimum atomic E-state index is -3.12. The highest BCUT2D eigenvalue weighted by Gasteiger charge is 2.24. The molecule has 0 fully saturated rings. The third-order valence-electron chi connectivity index (χ3n) is 4.09. The summed E-state index contributed by atoms with van der Waals surface area (Å²) >= 11 is 0. The van der Waals surface area contributed by atoms with Gasteiger partial charge in [0, 0.05) is 23.4 Å². The summed E-state index contributed by atoms with van der Waals surface area (Å²) in [6.45, 7) is 8.39. The Kier molecular flexibility index (Phi) is 5.30. The van der Waals surface area contributed by atoms with E-state index in [9.17, 15) is 13.2 Å². The predicted molar refractivity (Wildman–Crippen MR) is 94.3 cm³/mol. The molecule has 0 saturated carbocycles. The normalized spacial score (nSPS) is 19.5. The smallest absolute Gasteiger partial charge is 0.225 e. The van der Waals surface area contributed by atoms with E-state index < -0.39 is 9.84 Å². The molecular formula is C18H25NO3S. The number of benzene rings is 1. The Morgan fingerprint density at radius 1 is 1.17 bits per heavy atom. The molecule has 1 aromatic carbocycles. The fourth-order valence-corrected chi connectivity index (χ4v) is 4.29. The molecule has 1 atom stereocenters. The van der Waals surface area contributed by atoms with E-state index in [-0.39, 0.29) is 24.0 Å². The summed E-state index contributed by atoms with van der Waals surface area (Å²) in [6, 6.07) is 6.09. The number of carbonyl (C=O) groups excluding carboxylic acids is 1. The van der Waals surface area contributed by atoms with Gasteiger partial charge in [-0.3, -0.25) is 4.79 Å². The van der Waals surface area contributed by atoms with Crippen molar-refractivity contribution in [1.82, 2.24) is 0 Å². The molecule has 2 rings (SSSR count). The van der Waals surface area contributed by atoms with Gasteiger partial charge in [0.05, 0.1) is 5.75 Å². The molecule has 23 heavy (non-hydrogen) atoms. The van der Waals surface area contributed by atoms with Crippen LogP contribution < -0.4 is 5.32 Å². The molecule has 0 aliphatic carbocycles. The van der Waals surface area contributed by atoms with Gasteiger partial charge < -0.3 is 5.32 Å². The van der Waals surface area contributed by atoms with Crippen LogP contribution in [0.1, 0.15) is 57.1 Å². The van der Waals surface area contributed by atoms with Gasteiger partial charge in [0.2, 0.25) is 5.91 Å². The Morgan fingerprint density at radius 2 is 1.74 bits per heavy atom. The van der Waals surface area contributed by atoms with Crippen LogP contribution in [0.15, 0.2) is 29.7 Å². The molecule has 0 aromatic heterocycles. The van der Waals surface area contributed by atoms with Crippen molar-refractivity contribution in [2.24, 2.45) is 5.92 Å². The number of nitrogens with one attached hydrogen (secondary N) is 1. The molecule has 126 valence electrons. The minimum absolute atomic E-state index is 0.0310. The lowest BCUT2D eigenvalue weighted by Gasteiger charge is -2.20. The quantitative estimate of drug-likeness (QED) is 0.889. The number of sulfone groups is 1. The maximum atomic E-state index is 12.4. The Hall–Kier alpha value is -1.62. The second kappa shape index (κ2) is 6.87. The van der Waals surface area contributed by atoms with Gasteiger partial charge in [-0.05, 0) is 23.0 Å². The molecule has 1 heterocycles. The van der Waals surface area contributed by atoms with E-state index >= 15 is 0 Å². The zero-order chi connectivity index (χ0) is 17.2. The van der Waals surface area contributed by atoms with Crippen molar-refractivity contribution in [3.05, 3.63) is 40.8 Å². The van der Waals surface area contributed by atoms with Crippen LogP contribution in [0.2, 0.25) is 0 Å². The number of rotatable bonds is 5. The molecule has 0 radical (unpaired) electrons. The highest BCUT2D eigenvalue weighted by atomic mass is 32.2. The summed E-state index contributed by atoms with van der Waals surface area (Å²) in [5.74, 6) is 0.274. The summed E-state index contributed by atoms with van der Waals surface area (Å²) in [7, 11) is -3.12. The lowest BCUT2D eigenvalue weighted by Crippen LogP contribution is -2.19. The van der Waals surface area contributed by atoms with Crippen LogP contribution in [-0.4, -0.2) is 20.1 Å². The molecular weight excluding hydrogens is 310 g/mol. The summed E-state index contributed by atoms with van der Waals surface area (Å²) in [6.07, 6.45) is 1.81. The molecule has 5 heteroatoms. The van der Waals surface area contributed by atoms with E-state index in [1.807, 2.05) is 18.2 Å². The number of carbonyl (C=O) groups is 1. The first-order chi connectivity index (χ1) is 10.7. The monoisotopic (exact) mass is 335 g/mol. The van der Waals surface area contributed by atoms with Crippen molar-refractivity contribution in [3.8, 4) is 0 Å². The highest BCUT2D eigenvalue weighted by Crippen LogP contribution is 2.32. The molecule has 0 spiro atoms. The number of allylic oxidation sites excluding steroid dienone is 1. The van der Waals surface area contributed by atoms with Crippen molar-refractivity contribution in [3.63, 3.8) is 0 Å². The molecule has 4 nitrogen and oxygen atoms in total. The topological polar surface area (TPSA) is 63.2 Å². The van der Waals surface area contributed by atoms with E-state index in [2.05, 4.69) is 33.0 Å². The SMILES string of the molecule is CC(C)c1cccc(C(C)C)c1NC(=O)C[C@H]1C=CS(=O)(=O)C1. The van der Waals surface area contributed by atoms with Crippen molar-refractivity contribution in [2.75, 3.05) is 11.1 Å². The zero-order valence-electron chi connectivity index (χ0n) is 14.2. The average molecular weight is 335 g/mol. The third kappa shape index (κ3) is 4.44. The van der Waals surface area contributed by atoms with Gasteiger partial charge in [-0.1, -0.05) is 52.0 Å². The molecule has 1 aromatic rings. The van der Waals surface area contributed by atoms with E-state index in [1.165, 1.54) is 5.41 Å². The summed E-state index contributed by atoms with van der Waals surface area (Å²) in [5.41, 5.74) is 3.10. The maximum Gasteiger partial charge on any atom is 0.225 e. The second-order valence-electron chi connectivity index (χ2n) is 6.79. The van der Waals surface area contributed by atoms with Crippen molar-refractivity contribution in [1.29, 1.82) is 0 Å². The predicted octanol–water partition coefficient (Wildman–Crippen LogP) is 3.82. The first-order valence-corrected chi connectivity index (χ1v) is 9.74. The number of hydrogen-bond acceptors (Lipinski definition) is 3. The summed E-state index contributed by atoms with van der Waals surface area (Å²) < 4.78 is 22.9. The zero-order valence-corrected chi connectivity index (χ0v) is 15.0. The van der Waals surface area contributed by atoms with Crippen LogP contribution in [0.25, 0.3) is 0 Å². The lowest BCUT2D eigenvalue weighted by molar-refractivity contribution is -0.116. The van der Waals surface area contributed by atoms with Gasteiger partial charge in [-0.25, -0.2) is 8.42 Å². The first-order valence-electron chi connectivity index (χ1n) is 8.03. The number of para-hydroxylation sites is 1. The fraction of sp³-hybridized carbons (Fsp3) is 0.500. The van der Waals surface area contributed by atoms with Crippen LogP contribution in [0.4, 0.5) is 5.69 Å². The summed E-state index contributed by atoms with van der Waals surface area (Å²) in [5, 5.41) is 4.24. The fourth-order valence-electron chi connectivity index (χ4n) is 2.89. The first kappa shape index (κ1) is 17.7. The Morgan fingerprint density at radius 3 is 2.17 bits per heavy atom. The minimum Gasteiger partial charge on any atom is -0.326 e. The van der Waals surface area contributed by atoms with Crippen LogP contribution in [0, 0.1) is 5.92 Å². The van der Waals surface area contributed by atoms with Gasteiger partial charge >= 0.3 is 0 Å². The van der Waals surface area contributed by atoms with Gasteiger partial charge in [-0.15, -0.1) is 0 Å². The second-order valence-corrected chi connectivity index (χ2v) is 8.72. The van der Waals surface area contributed by atoms with E-state index in [0.717, 1.165) is 16.8 Å². The molecule has 1 aliphatic heterocycles. The number of hydrogen-bond donors (Lipinski definition) is 1. The number of anilines is 1. The van der Waals surface area contributed by atoms with E-state index in [1.54, 1.807) is 6.08 Å². The molecule has 1 N–H and O–H groups in total. The molecule has 0 bridgehead atoms. The molecule has 0 saturated heterocycles. The largest absolute Gasteiger partial charge is 0.326 e. The highest BCUT2D eigenvalue weighted by molar-refractivity contribution is 7.94. The maximum absolute atomic E-state index is 12.4. The van der Waals surface area contributed by atoms with E-state index in [0.29, 0.717) is 11.8 Å². The Bertz CT molecular complexity index is 692. The van der Waals surface area contributed by atoms with Crippen molar-refractivity contribution < 1.29 is 13.2 Å². The standard InChI is InChI=1S/C18H25NO3S/c1-12(2)15-6-5-7-16(13(3)4)18(15)19-17(20)10-14-8-9-23(21,22)11-14/h5-9,12-14H,10-11H2,1-4H3,(H,19,20)/t14-/m1/s1. The van der Waals surface area contributed by atoms with Crippen molar-refractivity contribution in [2.45, 2.75) is 46.0 Å². The van der Waals surface area contributed by atoms with Gasteiger partial charge in [0.15, 0.2) is 9.84 Å². The average Bonchev–Trinajstić information content (AvgIpc) is 2.77. The van der Waals surface area contributed by atoms with Gasteiger partial charge in [-0.2, -0.15) is 0 Å². The van der Waals surface area contributed by atoms with Crippen LogP contribution in [-0.2, 0) is 14.6 Å². The Labute approximate surface area is 138 Å². The summed E-state index contributed by atoms with van der Waals surface area (Å²) in [4.78, 5) is 12.4. The van der Waals surface area contributed by atoms with Crippen molar-refractivity contribution >= 4 is 21.4 Å². The van der Waals surface area contributed by atoms with Crippen LogP contribution in [0.3, 0.4) is 0 Å². The lowest BCUT2D eigenvalue weighted by atomic mass is 9.92. The molecule has 1 amide bonds. The van der Waals surface area contributed by atoms with Gasteiger partial charge in [0.25, 0.3) is 0 Å². The van der Waals surface area contributed by atoms with Crippen LogP contribution in [0.5, 0.6) is 0 Å². The number of amides is 1. The van der Waals surface area contributed by atoms with E-state index in [4.69, 9.17) is 0 Å².